The summed E-state index contributed by atoms with van der Waals surface area (Å²) in [6.07, 6.45) is 1.75. The summed E-state index contributed by atoms with van der Waals surface area (Å²) in [7, 11) is -3.75. The maximum atomic E-state index is 12.2. The van der Waals surface area contributed by atoms with Gasteiger partial charge in [-0.25, -0.2) is 22.6 Å². The number of ether oxygens (including phenoxy) is 1. The second kappa shape index (κ2) is 5.32. The molecule has 3 heterocycles. The van der Waals surface area contributed by atoms with Crippen LogP contribution in [-0.2, 0) is 14.8 Å². The average Bonchev–Trinajstić information content (AvgIpc) is 3.05. The van der Waals surface area contributed by atoms with Crippen LogP contribution in [-0.4, -0.2) is 47.3 Å². The van der Waals surface area contributed by atoms with Crippen molar-refractivity contribution in [2.24, 2.45) is 0 Å². The summed E-state index contributed by atoms with van der Waals surface area (Å²) in [6, 6.07) is 1.82. The van der Waals surface area contributed by atoms with E-state index in [9.17, 15) is 8.42 Å². The molecule has 1 aliphatic heterocycles. The first kappa shape index (κ1) is 14.4. The van der Waals surface area contributed by atoms with Crippen LogP contribution in [0.5, 0.6) is 0 Å². The van der Waals surface area contributed by atoms with Crippen LogP contribution in [0.3, 0.4) is 0 Å². The molecule has 0 aromatic carbocycles. The van der Waals surface area contributed by atoms with Crippen LogP contribution in [0.15, 0.2) is 11.2 Å². The molecular weight excluding hydrogens is 294 g/mol. The van der Waals surface area contributed by atoms with E-state index in [4.69, 9.17) is 4.74 Å². The number of rotatable bonds is 4. The highest BCUT2D eigenvalue weighted by Crippen LogP contribution is 2.12. The Morgan fingerprint density at radius 1 is 1.43 bits per heavy atom. The molecule has 2 aromatic heterocycles. The lowest BCUT2D eigenvalue weighted by Crippen LogP contribution is -2.32. The highest BCUT2D eigenvalue weighted by molar-refractivity contribution is 7.89. The normalized spacial score (nSPS) is 19.4. The standard InChI is InChI=1S/C12H17N5O3S/c1-8-6-9(2)17-11(14-8)15-12(16-17)21(18,19)13-7-10-4-3-5-20-10/h6,10,13H,3-5,7H2,1-2H3/t10-/m0/s1. The molecule has 1 aliphatic rings. The van der Waals surface area contributed by atoms with Gasteiger partial charge in [-0.3, -0.25) is 0 Å². The minimum absolute atomic E-state index is 0.0705. The summed E-state index contributed by atoms with van der Waals surface area (Å²) < 4.78 is 33.8. The Kier molecular flexibility index (Phi) is 3.64. The number of aromatic nitrogens is 4. The van der Waals surface area contributed by atoms with E-state index in [0.717, 1.165) is 24.2 Å². The summed E-state index contributed by atoms with van der Waals surface area (Å²) >= 11 is 0. The van der Waals surface area contributed by atoms with E-state index >= 15 is 0 Å². The number of nitrogens with one attached hydrogen (secondary N) is 1. The number of hydrogen-bond donors (Lipinski definition) is 1. The summed E-state index contributed by atoms with van der Waals surface area (Å²) in [4.78, 5) is 8.18. The fourth-order valence-corrected chi connectivity index (χ4v) is 3.26. The number of nitrogens with zero attached hydrogens (tertiary/aromatic N) is 4. The maximum Gasteiger partial charge on any atom is 0.284 e. The van der Waals surface area contributed by atoms with Gasteiger partial charge in [0.25, 0.3) is 21.0 Å². The number of hydrogen-bond acceptors (Lipinski definition) is 6. The topological polar surface area (TPSA) is 98.5 Å². The van der Waals surface area contributed by atoms with Crippen molar-refractivity contribution in [2.75, 3.05) is 13.2 Å². The zero-order chi connectivity index (χ0) is 15.0. The van der Waals surface area contributed by atoms with Gasteiger partial charge < -0.3 is 4.74 Å². The summed E-state index contributed by atoms with van der Waals surface area (Å²) in [5.41, 5.74) is 1.55. The first-order valence-electron chi connectivity index (χ1n) is 6.78. The quantitative estimate of drug-likeness (QED) is 0.866. The van der Waals surface area contributed by atoms with E-state index < -0.39 is 10.0 Å². The SMILES string of the molecule is Cc1cc(C)n2nc(S(=O)(=O)NC[C@@H]3CCCO3)nc2n1. The molecule has 0 aliphatic carbocycles. The van der Waals surface area contributed by atoms with Gasteiger partial charge in [0.2, 0.25) is 0 Å². The largest absolute Gasteiger partial charge is 0.377 e. The van der Waals surface area contributed by atoms with E-state index in [1.807, 2.05) is 19.9 Å². The summed E-state index contributed by atoms with van der Waals surface area (Å²) in [5, 5.41) is 3.76. The molecule has 1 atom stereocenters. The Bertz CT molecular complexity index is 765. The smallest absolute Gasteiger partial charge is 0.284 e. The Hall–Kier alpha value is -1.58. The van der Waals surface area contributed by atoms with E-state index in [1.165, 1.54) is 4.52 Å². The third-order valence-corrected chi connectivity index (χ3v) is 4.56. The maximum absolute atomic E-state index is 12.2. The molecule has 1 fully saturated rings. The molecule has 114 valence electrons. The first-order valence-corrected chi connectivity index (χ1v) is 8.26. The van der Waals surface area contributed by atoms with Crippen molar-refractivity contribution in [3.05, 3.63) is 17.5 Å². The number of sulfonamides is 1. The highest BCUT2D eigenvalue weighted by Gasteiger charge is 2.24. The Morgan fingerprint density at radius 2 is 2.24 bits per heavy atom. The zero-order valence-corrected chi connectivity index (χ0v) is 12.7. The van der Waals surface area contributed by atoms with Gasteiger partial charge in [-0.05, 0) is 32.8 Å². The van der Waals surface area contributed by atoms with Crippen LogP contribution < -0.4 is 4.72 Å². The van der Waals surface area contributed by atoms with Crippen LogP contribution in [0.25, 0.3) is 5.78 Å². The third-order valence-electron chi connectivity index (χ3n) is 3.36. The number of fused-ring (bicyclic) bond motifs is 1. The van der Waals surface area contributed by atoms with Gasteiger partial charge >= 0.3 is 0 Å². The molecule has 2 aromatic rings. The highest BCUT2D eigenvalue weighted by atomic mass is 32.2. The Labute approximate surface area is 122 Å². The van der Waals surface area contributed by atoms with Crippen LogP contribution >= 0.6 is 0 Å². The summed E-state index contributed by atoms with van der Waals surface area (Å²) in [6.45, 7) is 4.57. The minimum atomic E-state index is -3.75. The second-order valence-corrected chi connectivity index (χ2v) is 6.79. The van der Waals surface area contributed by atoms with Crippen LogP contribution in [0.2, 0.25) is 0 Å². The Balaban J connectivity index is 1.86. The van der Waals surface area contributed by atoms with Gasteiger partial charge in [-0.15, -0.1) is 5.10 Å². The molecule has 3 rings (SSSR count). The van der Waals surface area contributed by atoms with Gasteiger partial charge in [0.05, 0.1) is 6.10 Å². The second-order valence-electron chi connectivity index (χ2n) is 5.13. The molecule has 0 radical (unpaired) electrons. The van der Waals surface area contributed by atoms with E-state index in [1.54, 1.807) is 0 Å². The van der Waals surface area contributed by atoms with Crippen molar-refractivity contribution in [1.29, 1.82) is 0 Å². The van der Waals surface area contributed by atoms with Crippen molar-refractivity contribution < 1.29 is 13.2 Å². The van der Waals surface area contributed by atoms with Crippen molar-refractivity contribution in [3.8, 4) is 0 Å². The van der Waals surface area contributed by atoms with E-state index in [2.05, 4.69) is 19.8 Å². The number of aryl methyl sites for hydroxylation is 2. The monoisotopic (exact) mass is 311 g/mol. The zero-order valence-electron chi connectivity index (χ0n) is 11.9. The molecule has 1 N–H and O–H groups in total. The molecule has 0 saturated carbocycles. The lowest BCUT2D eigenvalue weighted by molar-refractivity contribution is 0.114. The molecule has 21 heavy (non-hydrogen) atoms. The fourth-order valence-electron chi connectivity index (χ4n) is 2.33. The van der Waals surface area contributed by atoms with Crippen LogP contribution in [0, 0.1) is 13.8 Å². The van der Waals surface area contributed by atoms with Crippen molar-refractivity contribution >= 4 is 15.8 Å². The molecule has 0 amide bonds. The minimum Gasteiger partial charge on any atom is -0.377 e. The Morgan fingerprint density at radius 3 is 2.95 bits per heavy atom. The molecule has 1 saturated heterocycles. The van der Waals surface area contributed by atoms with Gasteiger partial charge in [0, 0.05) is 24.5 Å². The molecule has 9 heteroatoms. The molecular formula is C12H17N5O3S. The van der Waals surface area contributed by atoms with Gasteiger partial charge in [0.1, 0.15) is 0 Å². The van der Waals surface area contributed by atoms with Crippen molar-refractivity contribution in [3.63, 3.8) is 0 Å². The van der Waals surface area contributed by atoms with Crippen LogP contribution in [0.4, 0.5) is 0 Å². The molecule has 0 bridgehead atoms. The molecule has 0 spiro atoms. The fraction of sp³-hybridized carbons (Fsp3) is 0.583. The van der Waals surface area contributed by atoms with E-state index in [-0.39, 0.29) is 23.6 Å². The molecule has 8 nitrogen and oxygen atoms in total. The first-order chi connectivity index (χ1) is 9.95. The predicted molar refractivity (Wildman–Crippen MR) is 74.4 cm³/mol. The summed E-state index contributed by atoms with van der Waals surface area (Å²) in [5.74, 6) is 0.282. The van der Waals surface area contributed by atoms with Crippen LogP contribution in [0.1, 0.15) is 24.2 Å². The van der Waals surface area contributed by atoms with E-state index in [0.29, 0.717) is 6.61 Å². The molecule has 0 unspecified atom stereocenters. The van der Waals surface area contributed by atoms with Crippen molar-refractivity contribution in [1.82, 2.24) is 24.3 Å². The van der Waals surface area contributed by atoms with Gasteiger partial charge in [-0.1, -0.05) is 0 Å². The van der Waals surface area contributed by atoms with Crippen molar-refractivity contribution in [2.45, 2.75) is 37.9 Å². The predicted octanol–water partition coefficient (Wildman–Crippen LogP) is 0.198. The third kappa shape index (κ3) is 2.89. The lowest BCUT2D eigenvalue weighted by atomic mass is 10.2. The average molecular weight is 311 g/mol. The van der Waals surface area contributed by atoms with Gasteiger partial charge in [-0.2, -0.15) is 4.98 Å². The van der Waals surface area contributed by atoms with Gasteiger partial charge in [0.15, 0.2) is 0 Å². The lowest BCUT2D eigenvalue weighted by Gasteiger charge is -2.09.